The Kier molecular flexibility index (Phi) is 9.17. The topological polar surface area (TPSA) is 89.0 Å². The van der Waals surface area contributed by atoms with Crippen LogP contribution in [-0.4, -0.2) is 38.9 Å². The second-order valence-electron chi connectivity index (χ2n) is 7.62. The number of H-pyrrole nitrogens is 1. The van der Waals surface area contributed by atoms with E-state index in [1.165, 1.54) is 24.4 Å². The van der Waals surface area contributed by atoms with Crippen LogP contribution in [0.15, 0.2) is 94.4 Å². The van der Waals surface area contributed by atoms with Crippen molar-refractivity contribution in [2.45, 2.75) is 12.7 Å². The number of carbonyl (C=O) groups excluding carboxylic acids is 4. The van der Waals surface area contributed by atoms with Gasteiger partial charge in [0.2, 0.25) is 23.1 Å². The molecule has 11 heteroatoms. The van der Waals surface area contributed by atoms with Crippen LogP contribution in [0.2, 0.25) is 0 Å². The molecule has 6 nitrogen and oxygen atoms in total. The monoisotopic (exact) mass is 636 g/mol. The Morgan fingerprint density at radius 2 is 1.24 bits per heavy atom. The lowest BCUT2D eigenvalue weighted by atomic mass is 10.0. The minimum absolute atomic E-state index is 0.0655. The van der Waals surface area contributed by atoms with Gasteiger partial charge in [-0.25, -0.2) is 0 Å². The van der Waals surface area contributed by atoms with E-state index in [1.807, 2.05) is 0 Å². The molecule has 0 aliphatic rings. The van der Waals surface area contributed by atoms with Gasteiger partial charge < -0.3 is 9.55 Å². The highest BCUT2D eigenvalue weighted by molar-refractivity contribution is 9.10. The third kappa shape index (κ3) is 7.96. The molecule has 0 aliphatic heterocycles. The molecule has 37 heavy (non-hydrogen) atoms. The number of rotatable bonds is 7. The van der Waals surface area contributed by atoms with Crippen molar-refractivity contribution in [1.29, 1.82) is 0 Å². The van der Waals surface area contributed by atoms with E-state index in [9.17, 15) is 32.3 Å². The van der Waals surface area contributed by atoms with Gasteiger partial charge in [-0.1, -0.05) is 56.1 Å². The average molecular weight is 638 g/mol. The summed E-state index contributed by atoms with van der Waals surface area (Å²) in [5, 5.41) is 0. The first kappa shape index (κ1) is 28.0. The maximum Gasteiger partial charge on any atom is 0.406 e. The van der Waals surface area contributed by atoms with Crippen LogP contribution < -0.4 is 0 Å². The van der Waals surface area contributed by atoms with Gasteiger partial charge in [-0.2, -0.15) is 13.2 Å². The maximum atomic E-state index is 12.2. The fraction of sp³-hybridized carbons (Fsp3) is 0.0769. The zero-order valence-electron chi connectivity index (χ0n) is 18.8. The van der Waals surface area contributed by atoms with E-state index in [-0.39, 0.29) is 11.1 Å². The first-order valence-corrected chi connectivity index (χ1v) is 12.1. The summed E-state index contributed by atoms with van der Waals surface area (Å²) in [4.78, 5) is 50.3. The molecule has 0 aliphatic carbocycles. The van der Waals surface area contributed by atoms with Gasteiger partial charge in [-0.05, 0) is 36.4 Å². The Morgan fingerprint density at radius 1 is 0.730 bits per heavy atom. The first-order chi connectivity index (χ1) is 17.4. The predicted octanol–water partition coefficient (Wildman–Crippen LogP) is 6.72. The average Bonchev–Trinajstić information content (AvgIpc) is 3.54. The van der Waals surface area contributed by atoms with Gasteiger partial charge in [-0.15, -0.1) is 0 Å². The summed E-state index contributed by atoms with van der Waals surface area (Å²) in [5.41, 5.74) is 0.882. The highest BCUT2D eigenvalue weighted by Crippen LogP contribution is 2.19. The van der Waals surface area contributed by atoms with E-state index in [4.69, 9.17) is 0 Å². The summed E-state index contributed by atoms with van der Waals surface area (Å²) >= 11 is 6.44. The molecule has 0 amide bonds. The maximum absolute atomic E-state index is 12.2. The van der Waals surface area contributed by atoms with Crippen LogP contribution in [0.1, 0.15) is 41.4 Å². The second-order valence-corrected chi connectivity index (χ2v) is 9.46. The molecule has 0 fully saturated rings. The molecule has 1 N–H and O–H groups in total. The molecule has 2 heterocycles. The van der Waals surface area contributed by atoms with E-state index >= 15 is 0 Å². The van der Waals surface area contributed by atoms with E-state index in [1.54, 1.807) is 48.7 Å². The van der Waals surface area contributed by atoms with Gasteiger partial charge in [0.15, 0.2) is 0 Å². The fourth-order valence-corrected chi connectivity index (χ4v) is 3.93. The molecule has 0 atom stereocenters. The number of hydrogen-bond donors (Lipinski definition) is 1. The summed E-state index contributed by atoms with van der Waals surface area (Å²) in [6.45, 7) is -1.20. The summed E-state index contributed by atoms with van der Waals surface area (Å²) in [5.74, 6) is -2.60. The Bertz CT molecular complexity index is 1440. The normalized spacial score (nSPS) is 10.8. The third-order valence-electron chi connectivity index (χ3n) is 4.82. The summed E-state index contributed by atoms with van der Waals surface area (Å²) in [7, 11) is 0. The number of halogens is 5. The smallest absolute Gasteiger partial charge is 0.367 e. The van der Waals surface area contributed by atoms with Gasteiger partial charge in [-0.3, -0.25) is 19.2 Å². The molecule has 190 valence electrons. The molecule has 0 unspecified atom stereocenters. The number of nitrogens with zero attached hydrogens (tertiary/aromatic N) is 1. The van der Waals surface area contributed by atoms with Crippen molar-refractivity contribution in [2.75, 3.05) is 0 Å². The van der Waals surface area contributed by atoms with Crippen LogP contribution in [0.5, 0.6) is 0 Å². The van der Waals surface area contributed by atoms with Crippen molar-refractivity contribution in [3.63, 3.8) is 0 Å². The number of Topliss-reactive ketones (excluding diaryl/α,β-unsaturated/α-hetero) is 4. The molecular weight excluding hydrogens is 621 g/mol. The van der Waals surface area contributed by atoms with Crippen molar-refractivity contribution < 1.29 is 32.3 Å². The van der Waals surface area contributed by atoms with E-state index in [0.29, 0.717) is 15.6 Å². The lowest BCUT2D eigenvalue weighted by Crippen LogP contribution is -2.17. The molecule has 0 bridgehead atoms. The van der Waals surface area contributed by atoms with Gasteiger partial charge in [0, 0.05) is 56.0 Å². The van der Waals surface area contributed by atoms with Crippen molar-refractivity contribution in [1.82, 2.24) is 9.55 Å². The Balaban J connectivity index is 0.000000213. The number of benzene rings is 2. The number of aromatic amines is 1. The Morgan fingerprint density at radius 3 is 1.70 bits per heavy atom. The van der Waals surface area contributed by atoms with Crippen LogP contribution in [0, 0.1) is 0 Å². The minimum Gasteiger partial charge on any atom is -0.367 e. The summed E-state index contributed by atoms with van der Waals surface area (Å²) in [6, 6.07) is 15.8. The lowest BCUT2D eigenvalue weighted by Gasteiger charge is -2.06. The van der Waals surface area contributed by atoms with Crippen LogP contribution in [-0.2, 0) is 6.54 Å². The molecule has 0 saturated heterocycles. The standard InChI is InChI=1S/C14H9BrF3NO2.C12H8BrNO2/c15-11-3-1-2-9(6-11)12(20)13(21)10-4-5-19(7-10)8-14(16,17)18;13-10-3-1-2-8(6-10)11(15)12(16)9-4-5-14-7-9/h1-7H,8H2;1-7,14H. The first-order valence-electron chi connectivity index (χ1n) is 10.5. The molecule has 0 saturated carbocycles. The summed E-state index contributed by atoms with van der Waals surface area (Å²) in [6.07, 6.45) is 0.883. The number of hydrogen-bond acceptors (Lipinski definition) is 4. The molecule has 4 aromatic rings. The van der Waals surface area contributed by atoms with Crippen LogP contribution in [0.4, 0.5) is 13.2 Å². The highest BCUT2D eigenvalue weighted by atomic mass is 79.9. The predicted molar refractivity (Wildman–Crippen MR) is 137 cm³/mol. The zero-order valence-corrected chi connectivity index (χ0v) is 21.9. The van der Waals surface area contributed by atoms with Crippen molar-refractivity contribution in [2.24, 2.45) is 0 Å². The van der Waals surface area contributed by atoms with Crippen LogP contribution >= 0.6 is 31.9 Å². The minimum atomic E-state index is -4.38. The zero-order chi connectivity index (χ0) is 27.2. The van der Waals surface area contributed by atoms with Crippen molar-refractivity contribution >= 4 is 55.0 Å². The molecule has 2 aromatic heterocycles. The Labute approximate surface area is 225 Å². The molecule has 4 rings (SSSR count). The van der Waals surface area contributed by atoms with Crippen molar-refractivity contribution in [3.8, 4) is 0 Å². The largest absolute Gasteiger partial charge is 0.406 e. The SMILES string of the molecule is O=C(C(=O)c1cccc(Br)c1)c1cc[nH]c1.O=C(C(=O)c1ccn(CC(F)(F)F)c1)c1cccc(Br)c1. The molecular formula is C26H17Br2F3N2O4. The lowest BCUT2D eigenvalue weighted by molar-refractivity contribution is -0.140. The van der Waals surface area contributed by atoms with Crippen LogP contribution in [0.3, 0.4) is 0 Å². The number of carbonyl (C=O) groups is 4. The highest BCUT2D eigenvalue weighted by Gasteiger charge is 2.28. The molecule has 0 radical (unpaired) electrons. The van der Waals surface area contributed by atoms with Gasteiger partial charge in [0.05, 0.1) is 0 Å². The van der Waals surface area contributed by atoms with E-state index in [0.717, 1.165) is 21.4 Å². The van der Waals surface area contributed by atoms with E-state index in [2.05, 4.69) is 36.8 Å². The fourth-order valence-electron chi connectivity index (χ4n) is 3.13. The molecule has 0 spiro atoms. The molecule has 2 aromatic carbocycles. The Hall–Kier alpha value is -3.57. The van der Waals surface area contributed by atoms with Gasteiger partial charge in [0.25, 0.3) is 0 Å². The number of nitrogens with one attached hydrogen (secondary N) is 1. The van der Waals surface area contributed by atoms with Crippen LogP contribution in [0.25, 0.3) is 0 Å². The number of alkyl halides is 3. The van der Waals surface area contributed by atoms with Gasteiger partial charge in [0.1, 0.15) is 6.54 Å². The number of aromatic nitrogens is 2. The van der Waals surface area contributed by atoms with Gasteiger partial charge >= 0.3 is 6.18 Å². The summed E-state index contributed by atoms with van der Waals surface area (Å²) < 4.78 is 39.0. The van der Waals surface area contributed by atoms with E-state index < -0.39 is 35.9 Å². The number of ketones is 4. The second kappa shape index (κ2) is 12.1. The quantitative estimate of drug-likeness (QED) is 0.180. The third-order valence-corrected chi connectivity index (χ3v) is 5.81. The van der Waals surface area contributed by atoms with Crippen molar-refractivity contribution in [3.05, 3.63) is 117 Å².